The Morgan fingerprint density at radius 3 is 2.94 bits per heavy atom. The third kappa shape index (κ3) is 5.00. The van der Waals surface area contributed by atoms with Crippen LogP contribution in [0.25, 0.3) is 5.69 Å². The Kier molecular flexibility index (Phi) is 6.13. The molecule has 1 aliphatic heterocycles. The van der Waals surface area contributed by atoms with Crippen LogP contribution < -0.4 is 10.3 Å². The Balaban J connectivity index is 1.56. The molecule has 1 saturated heterocycles. The average molecular weight is 423 g/mol. The van der Waals surface area contributed by atoms with Crippen LogP contribution in [0.15, 0.2) is 53.7 Å². The second-order valence-corrected chi connectivity index (χ2v) is 7.77. The van der Waals surface area contributed by atoms with Gasteiger partial charge in [-0.05, 0) is 30.5 Å². The van der Waals surface area contributed by atoms with Gasteiger partial charge in [-0.2, -0.15) is 10.2 Å². The molecule has 1 unspecified atom stereocenters. The van der Waals surface area contributed by atoms with Gasteiger partial charge in [0.05, 0.1) is 19.0 Å². The third-order valence-corrected chi connectivity index (χ3v) is 5.36. The number of hydrogen-bond acceptors (Lipinski definition) is 5. The topological polar surface area (TPSA) is 102 Å². The largest absolute Gasteiger partial charge is 0.465 e. The molecule has 2 aromatic heterocycles. The lowest BCUT2D eigenvalue weighted by Crippen LogP contribution is -2.37. The highest BCUT2D eigenvalue weighted by atomic mass is 16.5. The van der Waals surface area contributed by atoms with Gasteiger partial charge in [-0.1, -0.05) is 12.1 Å². The number of aryl methyl sites for hydroxylation is 1. The zero-order chi connectivity index (χ0) is 21.8. The molecule has 1 aromatic carbocycles. The van der Waals surface area contributed by atoms with Crippen LogP contribution >= 0.6 is 0 Å². The Bertz CT molecular complexity index is 1120. The number of anilines is 1. The van der Waals surface area contributed by atoms with Crippen molar-refractivity contribution in [2.75, 3.05) is 24.7 Å². The predicted octanol–water partition coefficient (Wildman–Crippen LogP) is 2.47. The molecule has 1 amide bonds. The van der Waals surface area contributed by atoms with E-state index in [4.69, 9.17) is 4.74 Å². The average Bonchev–Trinajstić information content (AvgIpc) is 3.20. The molecule has 9 nitrogen and oxygen atoms in total. The number of aromatic nitrogens is 4. The molecule has 3 aromatic rings. The zero-order valence-electron chi connectivity index (χ0n) is 17.3. The first-order valence-corrected chi connectivity index (χ1v) is 10.2. The highest BCUT2D eigenvalue weighted by Gasteiger charge is 2.22. The Morgan fingerprint density at radius 1 is 1.35 bits per heavy atom. The molecule has 0 aliphatic carbocycles. The summed E-state index contributed by atoms with van der Waals surface area (Å²) in [5.74, 6) is 0.177. The number of benzene rings is 1. The van der Waals surface area contributed by atoms with Gasteiger partial charge in [0, 0.05) is 50.5 Å². The Hall–Kier alpha value is -3.46. The fourth-order valence-corrected chi connectivity index (χ4v) is 3.77. The molecule has 0 saturated carbocycles. The van der Waals surface area contributed by atoms with Crippen molar-refractivity contribution in [3.63, 3.8) is 0 Å². The molecule has 0 bridgehead atoms. The first-order valence-electron chi connectivity index (χ1n) is 10.2. The maximum Gasteiger partial charge on any atom is 0.411 e. The molecule has 162 valence electrons. The molecule has 0 spiro atoms. The molecule has 9 heteroatoms. The molecule has 0 radical (unpaired) electrons. The van der Waals surface area contributed by atoms with Gasteiger partial charge in [0.25, 0.3) is 0 Å². The maximum absolute atomic E-state index is 12.4. The van der Waals surface area contributed by atoms with Crippen molar-refractivity contribution in [2.24, 2.45) is 13.0 Å². The van der Waals surface area contributed by atoms with Gasteiger partial charge in [-0.25, -0.2) is 9.48 Å². The van der Waals surface area contributed by atoms with E-state index in [1.807, 2.05) is 19.3 Å². The van der Waals surface area contributed by atoms with Gasteiger partial charge in [-0.3, -0.25) is 14.4 Å². The van der Waals surface area contributed by atoms with E-state index >= 15 is 0 Å². The smallest absolute Gasteiger partial charge is 0.411 e. The number of nitrogens with zero attached hydrogens (tertiary/aromatic N) is 5. The van der Waals surface area contributed by atoms with Crippen LogP contribution in [0.3, 0.4) is 0 Å². The van der Waals surface area contributed by atoms with Crippen LogP contribution in [-0.2, 0) is 18.2 Å². The van der Waals surface area contributed by atoms with Crippen LogP contribution in [0.4, 0.5) is 10.5 Å². The van der Waals surface area contributed by atoms with E-state index in [0.29, 0.717) is 31.0 Å². The molecule has 1 atom stereocenters. The number of ether oxygens (including phenoxy) is 1. The van der Waals surface area contributed by atoms with Crippen molar-refractivity contribution < 1.29 is 14.6 Å². The van der Waals surface area contributed by atoms with E-state index in [1.165, 1.54) is 11.0 Å². The lowest BCUT2D eigenvalue weighted by atomic mass is 10.0. The highest BCUT2D eigenvalue weighted by molar-refractivity contribution is 5.86. The summed E-state index contributed by atoms with van der Waals surface area (Å²) in [5.41, 5.74) is 2.37. The molecular weight excluding hydrogens is 398 g/mol. The van der Waals surface area contributed by atoms with E-state index in [2.05, 4.69) is 10.2 Å². The number of carboxylic acid groups (broad SMARTS) is 1. The van der Waals surface area contributed by atoms with Gasteiger partial charge >= 0.3 is 6.09 Å². The van der Waals surface area contributed by atoms with E-state index < -0.39 is 6.09 Å². The van der Waals surface area contributed by atoms with Crippen LogP contribution in [0.1, 0.15) is 24.1 Å². The second-order valence-electron chi connectivity index (χ2n) is 7.77. The minimum atomic E-state index is -1.00. The van der Waals surface area contributed by atoms with E-state index in [9.17, 15) is 14.7 Å². The Labute approximate surface area is 179 Å². The first-order chi connectivity index (χ1) is 15.0. The summed E-state index contributed by atoms with van der Waals surface area (Å²) in [4.78, 5) is 25.7. The normalized spacial score (nSPS) is 16.2. The Morgan fingerprint density at radius 2 is 2.23 bits per heavy atom. The molecule has 1 aliphatic rings. The van der Waals surface area contributed by atoms with E-state index in [0.717, 1.165) is 30.7 Å². The van der Waals surface area contributed by atoms with Crippen LogP contribution in [0, 0.1) is 5.92 Å². The van der Waals surface area contributed by atoms with Gasteiger partial charge in [-0.15, -0.1) is 0 Å². The number of rotatable bonds is 6. The quantitative estimate of drug-likeness (QED) is 0.653. The summed E-state index contributed by atoms with van der Waals surface area (Å²) in [5, 5.41) is 18.3. The van der Waals surface area contributed by atoms with Crippen LogP contribution in [-0.4, -0.2) is 50.5 Å². The lowest BCUT2D eigenvalue weighted by molar-refractivity contribution is 0.0572. The fourth-order valence-electron chi connectivity index (χ4n) is 3.77. The van der Waals surface area contributed by atoms with Crippen LogP contribution in [0.5, 0.6) is 0 Å². The molecule has 4 rings (SSSR count). The maximum atomic E-state index is 12.4. The molecule has 31 heavy (non-hydrogen) atoms. The summed E-state index contributed by atoms with van der Waals surface area (Å²) in [7, 11) is 1.81. The predicted molar refractivity (Wildman–Crippen MR) is 115 cm³/mol. The number of hydrogen-bond donors (Lipinski definition) is 1. The molecule has 3 heterocycles. The first kappa shape index (κ1) is 20.8. The summed E-state index contributed by atoms with van der Waals surface area (Å²) in [6.07, 6.45) is 6.28. The van der Waals surface area contributed by atoms with E-state index in [-0.39, 0.29) is 11.3 Å². The minimum absolute atomic E-state index is 0.167. The molecular formula is C22H25N5O4. The highest BCUT2D eigenvalue weighted by Crippen LogP contribution is 2.22. The second kappa shape index (κ2) is 9.13. The van der Waals surface area contributed by atoms with Crippen molar-refractivity contribution in [2.45, 2.75) is 19.3 Å². The van der Waals surface area contributed by atoms with Gasteiger partial charge in [0.1, 0.15) is 11.4 Å². The molecule has 1 N–H and O–H groups in total. The number of carbonyl (C=O) groups is 1. The monoisotopic (exact) mass is 423 g/mol. The summed E-state index contributed by atoms with van der Waals surface area (Å²) in [6.45, 7) is 1.70. The van der Waals surface area contributed by atoms with Gasteiger partial charge < -0.3 is 9.84 Å². The van der Waals surface area contributed by atoms with Crippen molar-refractivity contribution in [3.05, 3.63) is 70.4 Å². The molecule has 1 fully saturated rings. The fraction of sp³-hybridized carbons (Fsp3) is 0.364. The van der Waals surface area contributed by atoms with Crippen molar-refractivity contribution >= 4 is 11.8 Å². The number of amides is 1. The lowest BCUT2D eigenvalue weighted by Gasteiger charge is -2.28. The van der Waals surface area contributed by atoms with E-state index in [1.54, 1.807) is 40.0 Å². The SMILES string of the molecule is Cn1cc(-n2ccc(=O)c(Cc3cccc(N(CC4CCCOC4)C(=O)O)c3)n2)cn1. The minimum Gasteiger partial charge on any atom is -0.465 e. The standard InChI is InChI=1S/C22H25N5O4/c1-25-14-19(12-23-25)27-8-7-21(28)20(24-27)11-16-4-2-6-18(10-16)26(22(29)30)13-17-5-3-9-31-15-17/h2,4,6-8,10,12,14,17H,3,5,9,11,13,15H2,1H3,(H,29,30). The van der Waals surface area contributed by atoms with Gasteiger partial charge in [0.15, 0.2) is 0 Å². The van der Waals surface area contributed by atoms with Crippen molar-refractivity contribution in [1.29, 1.82) is 0 Å². The zero-order valence-corrected chi connectivity index (χ0v) is 17.3. The summed E-state index contributed by atoms with van der Waals surface area (Å²) < 4.78 is 8.77. The third-order valence-electron chi connectivity index (χ3n) is 5.36. The summed E-state index contributed by atoms with van der Waals surface area (Å²) in [6, 6.07) is 8.73. The van der Waals surface area contributed by atoms with Crippen molar-refractivity contribution in [1.82, 2.24) is 19.6 Å². The van der Waals surface area contributed by atoms with Gasteiger partial charge in [0.2, 0.25) is 5.43 Å². The van der Waals surface area contributed by atoms with Crippen molar-refractivity contribution in [3.8, 4) is 5.69 Å². The summed E-state index contributed by atoms with van der Waals surface area (Å²) >= 11 is 0. The van der Waals surface area contributed by atoms with Crippen LogP contribution in [0.2, 0.25) is 0 Å².